The number of aliphatic carboxylic acids is 1. The highest BCUT2D eigenvalue weighted by Gasteiger charge is 2.29. The van der Waals surface area contributed by atoms with E-state index < -0.39 is 21.2 Å². The highest BCUT2D eigenvalue weighted by Crippen LogP contribution is 2.25. The lowest BCUT2D eigenvalue weighted by Crippen LogP contribution is -2.33. The minimum atomic E-state index is -3.18. The highest BCUT2D eigenvalue weighted by molar-refractivity contribution is 7.92. The second-order valence-electron chi connectivity index (χ2n) is 6.31. The predicted molar refractivity (Wildman–Crippen MR) is 79.7 cm³/mol. The number of rotatable bonds is 8. The molecule has 0 radical (unpaired) electrons. The summed E-state index contributed by atoms with van der Waals surface area (Å²) >= 11 is 0. The van der Waals surface area contributed by atoms with Crippen LogP contribution in [0.15, 0.2) is 0 Å². The summed E-state index contributed by atoms with van der Waals surface area (Å²) in [4.78, 5) is 22.5. The number of amides is 1. The molecule has 0 bridgehead atoms. The normalized spacial score (nSPS) is 16.9. The van der Waals surface area contributed by atoms with Crippen molar-refractivity contribution in [1.29, 1.82) is 0 Å². The summed E-state index contributed by atoms with van der Waals surface area (Å²) in [6.45, 7) is 3.42. The number of carbonyl (C=O) groups is 2. The third-order valence-electron chi connectivity index (χ3n) is 4.07. The van der Waals surface area contributed by atoms with E-state index in [9.17, 15) is 18.0 Å². The van der Waals surface area contributed by atoms with Crippen LogP contribution in [-0.4, -0.2) is 42.9 Å². The number of hydrogen-bond donors (Lipinski definition) is 2. The minimum absolute atomic E-state index is 0.0493. The Kier molecular flexibility index (Phi) is 6.19. The summed E-state index contributed by atoms with van der Waals surface area (Å²) < 4.78 is 24.0. The average Bonchev–Trinajstić information content (AvgIpc) is 2.90. The lowest BCUT2D eigenvalue weighted by Gasteiger charge is -2.19. The van der Waals surface area contributed by atoms with Crippen molar-refractivity contribution in [2.75, 3.05) is 12.3 Å². The largest absolute Gasteiger partial charge is 0.481 e. The Morgan fingerprint density at radius 2 is 1.81 bits per heavy atom. The molecule has 0 heterocycles. The molecule has 1 amide bonds. The van der Waals surface area contributed by atoms with Gasteiger partial charge in [0.25, 0.3) is 0 Å². The molecule has 0 atom stereocenters. The van der Waals surface area contributed by atoms with Gasteiger partial charge in [-0.1, -0.05) is 12.8 Å². The van der Waals surface area contributed by atoms with E-state index in [0.717, 1.165) is 12.8 Å². The van der Waals surface area contributed by atoms with E-state index in [1.165, 1.54) is 0 Å². The molecule has 0 aromatic carbocycles. The Bertz CT molecular complexity index is 478. The molecule has 1 rings (SSSR count). The molecule has 0 aliphatic heterocycles. The van der Waals surface area contributed by atoms with Gasteiger partial charge in [-0.05, 0) is 33.1 Å². The standard InChI is InChI=1S/C14H25NO5S/c1-14(2,13(17)18)8-9-15-12(16)7-10-21(19,20)11-5-3-4-6-11/h11H,3-10H2,1-2H3,(H,15,16)(H,17,18). The van der Waals surface area contributed by atoms with Crippen LogP contribution < -0.4 is 5.32 Å². The zero-order valence-corrected chi connectivity index (χ0v) is 13.5. The molecule has 6 nitrogen and oxygen atoms in total. The monoisotopic (exact) mass is 319 g/mol. The van der Waals surface area contributed by atoms with Gasteiger partial charge in [0.1, 0.15) is 0 Å². The number of sulfone groups is 1. The molecule has 0 saturated heterocycles. The molecular formula is C14H25NO5S. The zero-order chi connectivity index (χ0) is 16.1. The first kappa shape index (κ1) is 17.9. The van der Waals surface area contributed by atoms with E-state index in [-0.39, 0.29) is 29.9 Å². The third-order valence-corrected chi connectivity index (χ3v) is 6.34. The van der Waals surface area contributed by atoms with E-state index in [0.29, 0.717) is 19.3 Å². The van der Waals surface area contributed by atoms with Crippen molar-refractivity contribution in [2.24, 2.45) is 5.41 Å². The molecule has 0 aromatic heterocycles. The molecule has 2 N–H and O–H groups in total. The molecule has 1 fully saturated rings. The summed E-state index contributed by atoms with van der Waals surface area (Å²) in [6.07, 6.45) is 3.56. The molecule has 1 aliphatic rings. The van der Waals surface area contributed by atoms with Gasteiger partial charge in [-0.3, -0.25) is 9.59 Å². The van der Waals surface area contributed by atoms with Gasteiger partial charge in [0.2, 0.25) is 5.91 Å². The first-order valence-corrected chi connectivity index (χ1v) is 9.08. The van der Waals surface area contributed by atoms with Gasteiger partial charge in [0, 0.05) is 13.0 Å². The molecule has 0 aromatic rings. The molecule has 21 heavy (non-hydrogen) atoms. The van der Waals surface area contributed by atoms with Gasteiger partial charge < -0.3 is 10.4 Å². The maximum absolute atomic E-state index is 12.0. The summed E-state index contributed by atoms with van der Waals surface area (Å²) in [5, 5.41) is 11.3. The summed E-state index contributed by atoms with van der Waals surface area (Å²) in [6, 6.07) is 0. The number of carboxylic acids is 1. The Labute approximate surface area is 126 Å². The van der Waals surface area contributed by atoms with Crippen LogP contribution in [-0.2, 0) is 19.4 Å². The van der Waals surface area contributed by atoms with Crippen LogP contribution >= 0.6 is 0 Å². The first-order valence-electron chi connectivity index (χ1n) is 7.37. The van der Waals surface area contributed by atoms with E-state index in [1.807, 2.05) is 0 Å². The number of nitrogens with one attached hydrogen (secondary N) is 1. The van der Waals surface area contributed by atoms with Crippen LogP contribution in [0.5, 0.6) is 0 Å². The van der Waals surface area contributed by atoms with Crippen LogP contribution in [0.1, 0.15) is 52.4 Å². The third kappa shape index (κ3) is 5.65. The van der Waals surface area contributed by atoms with Crippen LogP contribution in [0, 0.1) is 5.41 Å². The van der Waals surface area contributed by atoms with Gasteiger partial charge >= 0.3 is 5.97 Å². The van der Waals surface area contributed by atoms with Crippen molar-refractivity contribution in [3.8, 4) is 0 Å². The molecule has 0 unspecified atom stereocenters. The van der Waals surface area contributed by atoms with E-state index in [2.05, 4.69) is 5.32 Å². The average molecular weight is 319 g/mol. The second-order valence-corrected chi connectivity index (χ2v) is 8.71. The van der Waals surface area contributed by atoms with Crippen molar-refractivity contribution < 1.29 is 23.1 Å². The minimum Gasteiger partial charge on any atom is -0.481 e. The molecule has 122 valence electrons. The van der Waals surface area contributed by atoms with Crippen LogP contribution in [0.25, 0.3) is 0 Å². The Morgan fingerprint density at radius 1 is 1.24 bits per heavy atom. The van der Waals surface area contributed by atoms with Crippen LogP contribution in [0.4, 0.5) is 0 Å². The smallest absolute Gasteiger partial charge is 0.309 e. The Balaban J connectivity index is 2.30. The quantitative estimate of drug-likeness (QED) is 0.703. The van der Waals surface area contributed by atoms with Gasteiger partial charge in [0.15, 0.2) is 9.84 Å². The number of carbonyl (C=O) groups excluding carboxylic acids is 1. The topological polar surface area (TPSA) is 101 Å². The van der Waals surface area contributed by atoms with E-state index >= 15 is 0 Å². The van der Waals surface area contributed by atoms with E-state index in [1.54, 1.807) is 13.8 Å². The maximum atomic E-state index is 12.0. The lowest BCUT2D eigenvalue weighted by molar-refractivity contribution is -0.147. The van der Waals surface area contributed by atoms with Crippen molar-refractivity contribution in [1.82, 2.24) is 5.32 Å². The maximum Gasteiger partial charge on any atom is 0.309 e. The first-order chi connectivity index (χ1) is 9.65. The van der Waals surface area contributed by atoms with Crippen molar-refractivity contribution >= 4 is 21.7 Å². The fraction of sp³-hybridized carbons (Fsp3) is 0.857. The fourth-order valence-corrected chi connectivity index (χ4v) is 4.21. The van der Waals surface area contributed by atoms with Gasteiger partial charge in [-0.25, -0.2) is 8.42 Å². The molecule has 7 heteroatoms. The van der Waals surface area contributed by atoms with Crippen LogP contribution in [0.3, 0.4) is 0 Å². The summed E-state index contributed by atoms with van der Waals surface area (Å²) in [7, 11) is -3.18. The molecule has 1 saturated carbocycles. The van der Waals surface area contributed by atoms with Gasteiger partial charge in [-0.15, -0.1) is 0 Å². The number of carboxylic acid groups (broad SMARTS) is 1. The van der Waals surface area contributed by atoms with Gasteiger partial charge in [0.05, 0.1) is 16.4 Å². The lowest BCUT2D eigenvalue weighted by atomic mass is 9.90. The van der Waals surface area contributed by atoms with Crippen molar-refractivity contribution in [3.63, 3.8) is 0 Å². The highest BCUT2D eigenvalue weighted by atomic mass is 32.2. The zero-order valence-electron chi connectivity index (χ0n) is 12.7. The van der Waals surface area contributed by atoms with Gasteiger partial charge in [-0.2, -0.15) is 0 Å². The van der Waals surface area contributed by atoms with Crippen molar-refractivity contribution in [3.05, 3.63) is 0 Å². The predicted octanol–water partition coefficient (Wildman–Crippen LogP) is 1.35. The molecular weight excluding hydrogens is 294 g/mol. The summed E-state index contributed by atoms with van der Waals surface area (Å²) in [5.41, 5.74) is -0.900. The molecule has 1 aliphatic carbocycles. The van der Waals surface area contributed by atoms with Crippen molar-refractivity contribution in [2.45, 2.75) is 57.6 Å². The SMILES string of the molecule is CC(C)(CCNC(=O)CCS(=O)(=O)C1CCCC1)C(=O)O. The number of hydrogen-bond acceptors (Lipinski definition) is 4. The van der Waals surface area contributed by atoms with E-state index in [4.69, 9.17) is 5.11 Å². The molecule has 0 spiro atoms. The summed E-state index contributed by atoms with van der Waals surface area (Å²) in [5.74, 6) is -1.37. The Hall–Kier alpha value is -1.11. The Morgan fingerprint density at radius 3 is 2.33 bits per heavy atom. The van der Waals surface area contributed by atoms with Crippen LogP contribution in [0.2, 0.25) is 0 Å². The second kappa shape index (κ2) is 7.24. The fourth-order valence-electron chi connectivity index (χ4n) is 2.36.